The smallest absolute Gasteiger partial charge is 0.147 e. The van der Waals surface area contributed by atoms with E-state index in [0.717, 1.165) is 11.3 Å². The van der Waals surface area contributed by atoms with Crippen LogP contribution < -0.4 is 0 Å². The van der Waals surface area contributed by atoms with Gasteiger partial charge in [-0.2, -0.15) is 0 Å². The molecule has 0 saturated heterocycles. The summed E-state index contributed by atoms with van der Waals surface area (Å²) >= 11 is -2.09. The minimum atomic E-state index is -2.09. The van der Waals surface area contributed by atoms with Crippen LogP contribution >= 0.6 is 19.9 Å². The van der Waals surface area contributed by atoms with E-state index in [2.05, 4.69) is 48.4 Å². The summed E-state index contributed by atoms with van der Waals surface area (Å²) in [6, 6.07) is 0. The van der Waals surface area contributed by atoms with E-state index < -0.39 is 19.7 Å². The van der Waals surface area contributed by atoms with Crippen LogP contribution in [0.4, 0.5) is 0 Å². The van der Waals surface area contributed by atoms with Gasteiger partial charge in [-0.25, -0.2) is 0 Å². The minimum Gasteiger partial charge on any atom is -0.147 e. The molecule has 2 saturated carbocycles. The normalized spacial score (nSPS) is 24.8. The zero-order valence-corrected chi connectivity index (χ0v) is 22.8. The fraction of sp³-hybridized carbons (Fsp3) is 0.826. The van der Waals surface area contributed by atoms with Crippen LogP contribution in [-0.4, -0.2) is 19.1 Å². The standard InChI is InChI=1S/C19H32PSi.4CH3.ClH.Cr/c1-21(2,19-15-9-10-16-19)20(17-11-5-3-6-12-17)18-13-7-4-8-14-18;;;;;;/h9,15,17-18H,3-8,10-14H2,1-2H3;4*1H3;1H;. The molecule has 3 aliphatic rings. The Morgan fingerprint density at radius 2 is 1.26 bits per heavy atom. The number of allylic oxidation sites excluding steroid dienone is 4. The first kappa shape index (κ1) is 24.2. The largest absolute Gasteiger partial charge is 0.147 e. The van der Waals surface area contributed by atoms with E-state index in [0.29, 0.717) is 0 Å². The fourth-order valence-electron chi connectivity index (χ4n) is 5.87. The number of halogens is 1. The maximum absolute atomic E-state index is 2.81. The third kappa shape index (κ3) is 5.56. The second-order valence-electron chi connectivity index (χ2n) is 11.3. The van der Waals surface area contributed by atoms with E-state index in [9.17, 15) is 0 Å². The molecule has 27 heavy (non-hydrogen) atoms. The second kappa shape index (κ2) is 8.98. The minimum absolute atomic E-state index is 0. The average Bonchev–Trinajstić information content (AvgIpc) is 3.07. The van der Waals surface area contributed by atoms with Crippen molar-refractivity contribution in [1.29, 1.82) is 0 Å². The van der Waals surface area contributed by atoms with Gasteiger partial charge in [0.25, 0.3) is 0 Å². The molecule has 0 aromatic carbocycles. The van der Waals surface area contributed by atoms with Crippen molar-refractivity contribution in [3.63, 3.8) is 0 Å². The van der Waals surface area contributed by atoms with Crippen molar-refractivity contribution in [1.82, 2.24) is 0 Å². The molecule has 0 aromatic heterocycles. The zero-order valence-electron chi connectivity index (χ0n) is 18.9. The van der Waals surface area contributed by atoms with Gasteiger partial charge in [0.15, 0.2) is 0 Å². The molecule has 0 bridgehead atoms. The third-order valence-electron chi connectivity index (χ3n) is 7.11. The first-order chi connectivity index (χ1) is 12.1. The van der Waals surface area contributed by atoms with Gasteiger partial charge in [0.05, 0.1) is 0 Å². The summed E-state index contributed by atoms with van der Waals surface area (Å²) in [4.78, 5) is 0. The first-order valence-electron chi connectivity index (χ1n) is 11.1. The van der Waals surface area contributed by atoms with E-state index in [1.165, 1.54) is 44.9 Å². The van der Waals surface area contributed by atoms with Gasteiger partial charge < -0.3 is 0 Å². The Bertz CT molecular complexity index is 548. The van der Waals surface area contributed by atoms with Gasteiger partial charge in [-0.3, -0.25) is 0 Å². The molecule has 0 nitrogen and oxygen atoms in total. The Labute approximate surface area is 179 Å². The van der Waals surface area contributed by atoms with Gasteiger partial charge in [0, 0.05) is 0 Å². The van der Waals surface area contributed by atoms with E-state index in [1.807, 2.05) is 9.63 Å². The molecule has 0 atom stereocenters. The van der Waals surface area contributed by atoms with Gasteiger partial charge in [0.2, 0.25) is 0 Å². The van der Waals surface area contributed by atoms with E-state index in [-0.39, 0.29) is 19.9 Å². The Morgan fingerprint density at radius 1 is 0.815 bits per heavy atom. The molecule has 0 aliphatic heterocycles. The molecule has 159 valence electrons. The van der Waals surface area contributed by atoms with Gasteiger partial charge in [-0.15, -0.1) is 12.4 Å². The molecule has 0 aromatic rings. The summed E-state index contributed by atoms with van der Waals surface area (Å²) in [5.74, 6) is 10.5. The SMILES string of the molecule is C[Si](C)(C1=[C]([Cr]([CH3])([CH3])([CH3])[CH3])CC=C1)P(C1CCCCC1)C1CCCCC1.Cl. The molecule has 0 N–H and O–H groups in total. The fourth-order valence-corrected chi connectivity index (χ4v) is 26.1. The van der Waals surface area contributed by atoms with Gasteiger partial charge >= 0.3 is 167 Å². The molecule has 0 radical (unpaired) electrons. The van der Waals surface area contributed by atoms with Gasteiger partial charge in [-0.1, -0.05) is 0 Å². The topological polar surface area (TPSA) is 0 Å². The second-order valence-corrected chi connectivity index (χ2v) is 33.1. The molecular formula is C23H45ClCrPSi. The first-order valence-corrected chi connectivity index (χ1v) is 22.2. The van der Waals surface area contributed by atoms with Crippen molar-refractivity contribution in [2.45, 2.75) is 118 Å². The molecule has 0 heterocycles. The van der Waals surface area contributed by atoms with Gasteiger partial charge in [-0.05, 0) is 0 Å². The number of hydrogen-bond acceptors (Lipinski definition) is 0. The van der Waals surface area contributed by atoms with Crippen LogP contribution in [0.3, 0.4) is 0 Å². The zero-order chi connectivity index (χ0) is 19.0. The Morgan fingerprint density at radius 3 is 1.67 bits per heavy atom. The summed E-state index contributed by atoms with van der Waals surface area (Å²) in [5, 5.41) is 1.94. The van der Waals surface area contributed by atoms with E-state index in [1.54, 1.807) is 25.7 Å². The number of rotatable bonds is 5. The predicted octanol–water partition coefficient (Wildman–Crippen LogP) is 9.40. The van der Waals surface area contributed by atoms with Gasteiger partial charge in [0.1, 0.15) is 0 Å². The summed E-state index contributed by atoms with van der Waals surface area (Å²) in [6.07, 6.45) is 21.8. The van der Waals surface area contributed by atoms with Crippen LogP contribution in [0.1, 0.15) is 70.6 Å². The van der Waals surface area contributed by atoms with Crippen LogP contribution in [-0.2, 0) is 12.0 Å². The van der Waals surface area contributed by atoms with Crippen molar-refractivity contribution < 1.29 is 12.0 Å². The van der Waals surface area contributed by atoms with E-state index in [4.69, 9.17) is 0 Å². The average molecular weight is 468 g/mol. The maximum atomic E-state index is 2.81. The predicted molar refractivity (Wildman–Crippen MR) is 130 cm³/mol. The molecule has 2 fully saturated rings. The van der Waals surface area contributed by atoms with Crippen molar-refractivity contribution in [3.05, 3.63) is 21.8 Å². The molecule has 0 unspecified atom stereocenters. The Balaban J connectivity index is 0.00000261. The van der Waals surface area contributed by atoms with Crippen LogP contribution in [0.2, 0.25) is 36.2 Å². The van der Waals surface area contributed by atoms with Crippen LogP contribution in [0, 0.1) is 0 Å². The number of hydrogen-bond donors (Lipinski definition) is 0. The summed E-state index contributed by atoms with van der Waals surface area (Å²) < 4.78 is 1.95. The molecule has 3 aliphatic carbocycles. The molecule has 0 amide bonds. The quantitative estimate of drug-likeness (QED) is 0.279. The van der Waals surface area contributed by atoms with Crippen LogP contribution in [0.5, 0.6) is 0 Å². The summed E-state index contributed by atoms with van der Waals surface area (Å²) in [6.45, 7) is 5.61. The van der Waals surface area contributed by atoms with Crippen molar-refractivity contribution >= 4 is 27.6 Å². The van der Waals surface area contributed by atoms with E-state index >= 15 is 0 Å². The van der Waals surface area contributed by atoms with Crippen molar-refractivity contribution in [3.8, 4) is 0 Å². The van der Waals surface area contributed by atoms with Crippen molar-refractivity contribution in [2.75, 3.05) is 0 Å². The molecular weight excluding hydrogens is 423 g/mol. The maximum Gasteiger partial charge on any atom is -0.147 e. The molecule has 0 spiro atoms. The van der Waals surface area contributed by atoms with Crippen molar-refractivity contribution in [2.24, 2.45) is 0 Å². The Kier molecular flexibility index (Phi) is 8.06. The van der Waals surface area contributed by atoms with Crippen LogP contribution in [0.15, 0.2) is 21.8 Å². The molecule has 3 rings (SSSR count). The monoisotopic (exact) mass is 467 g/mol. The Hall–Kier alpha value is 0.949. The summed E-state index contributed by atoms with van der Waals surface area (Å²) in [5.41, 5.74) is 2.20. The third-order valence-corrected chi connectivity index (χ3v) is 23.6. The van der Waals surface area contributed by atoms with Crippen LogP contribution in [0.25, 0.3) is 0 Å². The molecule has 4 heteroatoms. The summed E-state index contributed by atoms with van der Waals surface area (Å²) in [7, 11) is -1.19.